The van der Waals surface area contributed by atoms with Gasteiger partial charge in [-0.1, -0.05) is 117 Å². The third-order valence-electron chi connectivity index (χ3n) is 6.00. The molecule has 0 aliphatic rings. The molecule has 176 valence electrons. The number of rotatable bonds is 22. The quantitative estimate of drug-likeness (QED) is 0.151. The molecule has 0 aromatic rings. The van der Waals surface area contributed by atoms with E-state index in [2.05, 4.69) is 13.8 Å². The number of aliphatic hydroxyl groups is 1. The van der Waals surface area contributed by atoms with Crippen molar-refractivity contribution in [2.24, 2.45) is 0 Å². The predicted octanol–water partition coefficient (Wildman–Crippen LogP) is 4.11. The second-order valence-corrected chi connectivity index (χ2v) is 10.5. The molecule has 2 unspecified atom stereocenters. The van der Waals surface area contributed by atoms with E-state index in [1.54, 1.807) is 0 Å². The van der Waals surface area contributed by atoms with Crippen LogP contribution in [0.4, 0.5) is 0 Å². The van der Waals surface area contributed by atoms with Crippen molar-refractivity contribution in [3.63, 3.8) is 0 Å². The van der Waals surface area contributed by atoms with Crippen molar-refractivity contribution < 1.29 is 47.6 Å². The fourth-order valence-electron chi connectivity index (χ4n) is 3.98. The first-order valence-electron chi connectivity index (χ1n) is 12.5. The van der Waals surface area contributed by atoms with Gasteiger partial charge in [0, 0.05) is 5.25 Å². The molecule has 0 amide bonds. The summed E-state index contributed by atoms with van der Waals surface area (Å²) in [4.78, 5) is 0. The van der Waals surface area contributed by atoms with Gasteiger partial charge in [0.25, 0.3) is 0 Å². The Hall–Kier alpha value is 0.870. The van der Waals surface area contributed by atoms with Gasteiger partial charge in [0.15, 0.2) is 0 Å². The molecule has 1 N–H and O–H groups in total. The Kier molecular flexibility index (Phi) is 25.4. The van der Waals surface area contributed by atoms with Crippen molar-refractivity contribution in [2.45, 2.75) is 154 Å². The topological polar surface area (TPSA) is 77.4 Å². The van der Waals surface area contributed by atoms with Crippen LogP contribution in [0, 0.1) is 0 Å². The van der Waals surface area contributed by atoms with E-state index < -0.39 is 21.5 Å². The molecular weight excluding hydrogens is 407 g/mol. The molecule has 0 bridgehead atoms. The zero-order valence-corrected chi connectivity index (χ0v) is 23.2. The van der Waals surface area contributed by atoms with Gasteiger partial charge in [-0.15, -0.1) is 0 Å². The molecule has 30 heavy (non-hydrogen) atoms. The van der Waals surface area contributed by atoms with Gasteiger partial charge in [-0.2, -0.15) is 0 Å². The van der Waals surface area contributed by atoms with Crippen molar-refractivity contribution in [1.82, 2.24) is 0 Å². The molecule has 0 aliphatic carbocycles. The van der Waals surface area contributed by atoms with Crippen molar-refractivity contribution in [3.05, 3.63) is 0 Å². The van der Waals surface area contributed by atoms with Gasteiger partial charge in [0.2, 0.25) is 0 Å². The van der Waals surface area contributed by atoms with Crippen LogP contribution < -0.4 is 29.6 Å². The van der Waals surface area contributed by atoms with E-state index in [-0.39, 0.29) is 29.6 Å². The maximum absolute atomic E-state index is 11.5. The average molecular weight is 457 g/mol. The summed E-state index contributed by atoms with van der Waals surface area (Å²) >= 11 is 0. The Labute approximate surface area is 210 Å². The second-order valence-electron chi connectivity index (χ2n) is 8.87. The maximum Gasteiger partial charge on any atom is 1.00 e. The molecule has 0 saturated heterocycles. The minimum atomic E-state index is -4.26. The molecular formula is C24H49NaO4S. The van der Waals surface area contributed by atoms with Crippen LogP contribution in [0.15, 0.2) is 0 Å². The Bertz CT molecular complexity index is 442. The van der Waals surface area contributed by atoms with E-state index in [9.17, 15) is 18.1 Å². The molecule has 0 heterocycles. The van der Waals surface area contributed by atoms with E-state index in [0.717, 1.165) is 38.5 Å². The van der Waals surface area contributed by atoms with Gasteiger partial charge in [0.05, 0.1) is 16.2 Å². The monoisotopic (exact) mass is 456 g/mol. The number of unbranched alkanes of at least 4 members (excludes halogenated alkanes) is 14. The van der Waals surface area contributed by atoms with E-state index in [0.29, 0.717) is 25.7 Å². The van der Waals surface area contributed by atoms with Gasteiger partial charge >= 0.3 is 29.6 Å². The van der Waals surface area contributed by atoms with Gasteiger partial charge in [-0.25, -0.2) is 8.42 Å². The zero-order chi connectivity index (χ0) is 21.8. The number of aliphatic hydroxyl groups excluding tert-OH is 1. The van der Waals surface area contributed by atoms with Gasteiger partial charge in [-0.3, -0.25) is 0 Å². The first-order valence-corrected chi connectivity index (χ1v) is 14.0. The maximum atomic E-state index is 11.5. The van der Waals surface area contributed by atoms with E-state index in [1.165, 1.54) is 64.2 Å². The first-order chi connectivity index (χ1) is 13.9. The molecule has 0 saturated carbocycles. The Morgan fingerprint density at radius 2 is 0.967 bits per heavy atom. The Morgan fingerprint density at radius 3 is 1.40 bits per heavy atom. The Morgan fingerprint density at radius 1 is 0.600 bits per heavy atom. The predicted molar refractivity (Wildman–Crippen MR) is 123 cm³/mol. The van der Waals surface area contributed by atoms with Crippen LogP contribution in [0.2, 0.25) is 0 Å². The van der Waals surface area contributed by atoms with Gasteiger partial charge in [-0.05, 0) is 25.7 Å². The Balaban J connectivity index is 0. The molecule has 0 radical (unpaired) electrons. The summed E-state index contributed by atoms with van der Waals surface area (Å²) < 4.78 is 34.6. The summed E-state index contributed by atoms with van der Waals surface area (Å²) in [6, 6.07) is 0. The third-order valence-corrected chi connectivity index (χ3v) is 7.29. The number of hydrogen-bond donors (Lipinski definition) is 1. The summed E-state index contributed by atoms with van der Waals surface area (Å²) in [5.74, 6) is 0. The smallest absolute Gasteiger partial charge is 0.748 e. The fourth-order valence-corrected chi connectivity index (χ4v) is 4.86. The fraction of sp³-hybridized carbons (Fsp3) is 1.00. The van der Waals surface area contributed by atoms with Crippen LogP contribution in [0.5, 0.6) is 0 Å². The van der Waals surface area contributed by atoms with Crippen LogP contribution in [-0.2, 0) is 10.1 Å². The molecule has 0 aliphatic heterocycles. The van der Waals surface area contributed by atoms with Crippen molar-refractivity contribution in [2.75, 3.05) is 0 Å². The standard InChI is InChI=1S/C24H50O4S.Na/c1-3-5-7-8-9-10-11-12-13-14-15-16-18-20-24(29(26,27)28)22-21-23(25)19-17-6-4-2;/h23-25H,3-22H2,1-2H3,(H,26,27,28);/q;+1/p-1. The summed E-state index contributed by atoms with van der Waals surface area (Å²) in [7, 11) is -4.26. The normalized spacial score (nSPS) is 13.7. The van der Waals surface area contributed by atoms with Crippen LogP contribution in [0.3, 0.4) is 0 Å². The van der Waals surface area contributed by atoms with Crippen LogP contribution in [0.1, 0.15) is 142 Å². The number of hydrogen-bond acceptors (Lipinski definition) is 4. The van der Waals surface area contributed by atoms with Crippen molar-refractivity contribution in [3.8, 4) is 0 Å². The van der Waals surface area contributed by atoms with E-state index in [4.69, 9.17) is 0 Å². The van der Waals surface area contributed by atoms with Crippen molar-refractivity contribution in [1.29, 1.82) is 0 Å². The largest absolute Gasteiger partial charge is 1.00 e. The second kappa shape index (κ2) is 23.0. The third kappa shape index (κ3) is 22.1. The summed E-state index contributed by atoms with van der Waals surface area (Å²) in [5.41, 5.74) is 0. The summed E-state index contributed by atoms with van der Waals surface area (Å²) in [6.07, 6.45) is 20.8. The van der Waals surface area contributed by atoms with E-state index >= 15 is 0 Å². The van der Waals surface area contributed by atoms with Gasteiger partial charge < -0.3 is 9.66 Å². The van der Waals surface area contributed by atoms with Crippen molar-refractivity contribution >= 4 is 10.1 Å². The average Bonchev–Trinajstić information content (AvgIpc) is 2.67. The minimum absolute atomic E-state index is 0. The molecule has 0 fully saturated rings. The van der Waals surface area contributed by atoms with Crippen LogP contribution in [0.25, 0.3) is 0 Å². The molecule has 4 nitrogen and oxygen atoms in total. The minimum Gasteiger partial charge on any atom is -0.748 e. The molecule has 0 aromatic carbocycles. The summed E-state index contributed by atoms with van der Waals surface area (Å²) in [5, 5.41) is 9.15. The molecule has 0 rings (SSSR count). The summed E-state index contributed by atoms with van der Waals surface area (Å²) in [6.45, 7) is 4.36. The SMILES string of the molecule is CCCCCCCCCCCCCCCC(CCC(O)CCCCC)S(=O)(=O)[O-].[Na+]. The molecule has 0 aromatic heterocycles. The van der Waals surface area contributed by atoms with Gasteiger partial charge in [0.1, 0.15) is 0 Å². The van der Waals surface area contributed by atoms with E-state index in [1.807, 2.05) is 0 Å². The van der Waals surface area contributed by atoms with Crippen LogP contribution in [-0.4, -0.2) is 29.4 Å². The van der Waals surface area contributed by atoms with Crippen LogP contribution >= 0.6 is 0 Å². The first kappa shape index (κ1) is 33.0. The molecule has 6 heteroatoms. The molecule has 2 atom stereocenters. The zero-order valence-electron chi connectivity index (χ0n) is 20.4. The molecule has 0 spiro atoms.